The Morgan fingerprint density at radius 3 is 2.85 bits per heavy atom. The quantitative estimate of drug-likeness (QED) is 0.656. The minimum atomic E-state index is -0.544. The maximum absolute atomic E-state index is 12.0. The molecule has 2 rings (SSSR count). The van der Waals surface area contributed by atoms with Gasteiger partial charge in [0.05, 0.1) is 7.11 Å². The molecule has 0 aliphatic heterocycles. The predicted molar refractivity (Wildman–Crippen MR) is 83.6 cm³/mol. The van der Waals surface area contributed by atoms with Crippen molar-refractivity contribution in [2.75, 3.05) is 20.4 Å². The van der Waals surface area contributed by atoms with Crippen molar-refractivity contribution < 1.29 is 9.53 Å². The molecule has 112 valence electrons. The van der Waals surface area contributed by atoms with Crippen LogP contribution in [0.3, 0.4) is 0 Å². The van der Waals surface area contributed by atoms with E-state index in [2.05, 4.69) is 15.5 Å². The topological polar surface area (TPSA) is 64.1 Å². The van der Waals surface area contributed by atoms with Crippen LogP contribution in [-0.4, -0.2) is 47.4 Å². The van der Waals surface area contributed by atoms with Crippen LogP contribution in [0.1, 0.15) is 25.7 Å². The van der Waals surface area contributed by atoms with Crippen molar-refractivity contribution in [3.05, 3.63) is 0 Å². The van der Waals surface area contributed by atoms with E-state index in [4.69, 9.17) is 4.74 Å². The van der Waals surface area contributed by atoms with Gasteiger partial charge in [-0.2, -0.15) is 0 Å². The van der Waals surface area contributed by atoms with Crippen LogP contribution >= 0.6 is 34.9 Å². The molecule has 0 saturated heterocycles. The lowest BCUT2D eigenvalue weighted by Crippen LogP contribution is -2.54. The molecular formula is C12H19N3O2S3. The van der Waals surface area contributed by atoms with E-state index in [1.165, 1.54) is 7.11 Å². The lowest BCUT2D eigenvalue weighted by Gasteiger charge is -2.37. The van der Waals surface area contributed by atoms with Gasteiger partial charge in [-0.05, 0) is 39.0 Å². The van der Waals surface area contributed by atoms with Crippen LogP contribution in [0.25, 0.3) is 0 Å². The summed E-state index contributed by atoms with van der Waals surface area (Å²) in [7, 11) is 3.29. The van der Waals surface area contributed by atoms with Crippen LogP contribution in [-0.2, 0) is 9.53 Å². The first-order valence-corrected chi connectivity index (χ1v) is 9.37. The van der Waals surface area contributed by atoms with Crippen molar-refractivity contribution >= 4 is 40.8 Å². The largest absolute Gasteiger partial charge is 0.468 e. The van der Waals surface area contributed by atoms with E-state index in [1.807, 2.05) is 13.3 Å². The number of rotatable bonds is 5. The first kappa shape index (κ1) is 16.1. The van der Waals surface area contributed by atoms with Gasteiger partial charge < -0.3 is 10.1 Å². The van der Waals surface area contributed by atoms with Crippen molar-refractivity contribution in [1.29, 1.82) is 0 Å². The molecule has 0 radical (unpaired) electrons. The molecule has 1 aromatic heterocycles. The molecule has 1 aromatic rings. The highest BCUT2D eigenvalue weighted by atomic mass is 32.2. The van der Waals surface area contributed by atoms with Crippen LogP contribution in [0.2, 0.25) is 0 Å². The normalized spacial score (nSPS) is 26.4. The van der Waals surface area contributed by atoms with E-state index in [1.54, 1.807) is 34.9 Å². The molecule has 1 fully saturated rings. The van der Waals surface area contributed by atoms with Crippen LogP contribution in [0.15, 0.2) is 8.68 Å². The summed E-state index contributed by atoms with van der Waals surface area (Å²) in [6.45, 7) is 0. The Bertz CT molecular complexity index is 469. The van der Waals surface area contributed by atoms with Gasteiger partial charge >= 0.3 is 5.97 Å². The number of nitrogens with one attached hydrogen (secondary N) is 1. The monoisotopic (exact) mass is 333 g/mol. The van der Waals surface area contributed by atoms with Gasteiger partial charge in [-0.3, -0.25) is 4.79 Å². The maximum atomic E-state index is 12.0. The molecule has 0 aromatic carbocycles. The number of hydrogen-bond donors (Lipinski definition) is 1. The zero-order valence-corrected chi connectivity index (χ0v) is 14.3. The van der Waals surface area contributed by atoms with E-state index in [0.717, 1.165) is 34.4 Å². The van der Waals surface area contributed by atoms with Crippen molar-refractivity contribution in [1.82, 2.24) is 15.5 Å². The number of nitrogens with zero attached hydrogens (tertiary/aromatic N) is 2. The van der Waals surface area contributed by atoms with Crippen LogP contribution < -0.4 is 5.32 Å². The van der Waals surface area contributed by atoms with Gasteiger partial charge in [0.15, 0.2) is 8.68 Å². The summed E-state index contributed by atoms with van der Waals surface area (Å²) in [5, 5.41) is 11.9. The standard InChI is InChI=1S/C12H19N3O2S3/c1-13-12(9(16)17-2)6-4-5-8(7-12)19-11-15-14-10(18-3)20-11/h8,13H,4-7H2,1-3H3. The molecule has 20 heavy (non-hydrogen) atoms. The summed E-state index contributed by atoms with van der Waals surface area (Å²) in [5.41, 5.74) is -0.544. The number of likely N-dealkylation sites (N-methyl/N-ethyl adjacent to an activating group) is 1. The third-order valence-electron chi connectivity index (χ3n) is 3.59. The molecule has 2 atom stereocenters. The second-order valence-electron chi connectivity index (χ2n) is 4.70. The number of ether oxygens (including phenoxy) is 1. The van der Waals surface area contributed by atoms with E-state index >= 15 is 0 Å². The van der Waals surface area contributed by atoms with Gasteiger partial charge in [0.2, 0.25) is 0 Å². The molecule has 1 heterocycles. The molecule has 0 spiro atoms. The Labute approximate surface area is 131 Å². The summed E-state index contributed by atoms with van der Waals surface area (Å²) >= 11 is 4.96. The summed E-state index contributed by atoms with van der Waals surface area (Å²) < 4.78 is 6.93. The summed E-state index contributed by atoms with van der Waals surface area (Å²) in [6.07, 6.45) is 5.72. The number of aromatic nitrogens is 2. The number of esters is 1. The third-order valence-corrected chi connectivity index (χ3v) is 6.84. The third kappa shape index (κ3) is 3.47. The van der Waals surface area contributed by atoms with E-state index in [9.17, 15) is 4.79 Å². The highest BCUT2D eigenvalue weighted by Crippen LogP contribution is 2.40. The minimum Gasteiger partial charge on any atom is -0.468 e. The number of hydrogen-bond acceptors (Lipinski definition) is 8. The molecule has 5 nitrogen and oxygen atoms in total. The van der Waals surface area contributed by atoms with E-state index in [-0.39, 0.29) is 5.97 Å². The Morgan fingerprint density at radius 1 is 1.50 bits per heavy atom. The Kier molecular flexibility index (Phi) is 5.71. The van der Waals surface area contributed by atoms with Gasteiger partial charge in [-0.15, -0.1) is 10.2 Å². The Morgan fingerprint density at radius 2 is 2.25 bits per heavy atom. The van der Waals surface area contributed by atoms with Crippen molar-refractivity contribution in [2.24, 2.45) is 0 Å². The average Bonchev–Trinajstić information content (AvgIpc) is 2.94. The van der Waals surface area contributed by atoms with E-state index in [0.29, 0.717) is 5.25 Å². The summed E-state index contributed by atoms with van der Waals surface area (Å²) in [4.78, 5) is 12.0. The highest BCUT2D eigenvalue weighted by molar-refractivity contribution is 8.03. The van der Waals surface area contributed by atoms with Crippen molar-refractivity contribution in [2.45, 2.75) is 45.2 Å². The van der Waals surface area contributed by atoms with Gasteiger partial charge in [0.25, 0.3) is 0 Å². The van der Waals surface area contributed by atoms with E-state index < -0.39 is 5.54 Å². The molecule has 8 heteroatoms. The second-order valence-corrected chi connectivity index (χ2v) is 8.28. The Hall–Kier alpha value is -0.310. The number of carbonyl (C=O) groups excluding carboxylic acids is 1. The minimum absolute atomic E-state index is 0.160. The molecule has 1 aliphatic rings. The lowest BCUT2D eigenvalue weighted by atomic mass is 9.81. The molecule has 1 N–H and O–H groups in total. The zero-order valence-electron chi connectivity index (χ0n) is 11.8. The fourth-order valence-electron chi connectivity index (χ4n) is 2.50. The average molecular weight is 334 g/mol. The van der Waals surface area contributed by atoms with Crippen LogP contribution in [0.5, 0.6) is 0 Å². The number of thioether (sulfide) groups is 2. The molecule has 2 unspecified atom stereocenters. The molecule has 0 bridgehead atoms. The lowest BCUT2D eigenvalue weighted by molar-refractivity contribution is -0.149. The number of methoxy groups -OCH3 is 1. The smallest absolute Gasteiger partial charge is 0.326 e. The molecule has 1 aliphatic carbocycles. The SMILES string of the molecule is CNC1(C(=O)OC)CCCC(Sc2nnc(SC)s2)C1. The van der Waals surface area contributed by atoms with Gasteiger partial charge in [-0.1, -0.05) is 34.9 Å². The molecule has 1 saturated carbocycles. The van der Waals surface area contributed by atoms with Crippen molar-refractivity contribution in [3.8, 4) is 0 Å². The first-order chi connectivity index (χ1) is 9.63. The van der Waals surface area contributed by atoms with Gasteiger partial charge in [0, 0.05) is 5.25 Å². The highest BCUT2D eigenvalue weighted by Gasteiger charge is 2.43. The summed E-state index contributed by atoms with van der Waals surface area (Å²) in [5.74, 6) is -0.160. The fraction of sp³-hybridized carbons (Fsp3) is 0.750. The molecular weight excluding hydrogens is 314 g/mol. The summed E-state index contributed by atoms with van der Waals surface area (Å²) in [6, 6.07) is 0. The molecule has 0 amide bonds. The van der Waals surface area contributed by atoms with Gasteiger partial charge in [-0.25, -0.2) is 0 Å². The Balaban J connectivity index is 2.04. The fourth-order valence-corrected chi connectivity index (χ4v) is 5.53. The predicted octanol–water partition coefficient (Wildman–Crippen LogP) is 2.43. The van der Waals surface area contributed by atoms with Gasteiger partial charge in [0.1, 0.15) is 5.54 Å². The van der Waals surface area contributed by atoms with Crippen LogP contribution in [0, 0.1) is 0 Å². The van der Waals surface area contributed by atoms with Crippen molar-refractivity contribution in [3.63, 3.8) is 0 Å². The second kappa shape index (κ2) is 7.11. The first-order valence-electron chi connectivity index (χ1n) is 6.45. The number of carbonyl (C=O) groups is 1. The van der Waals surface area contributed by atoms with Crippen LogP contribution in [0.4, 0.5) is 0 Å². The zero-order chi connectivity index (χ0) is 14.6. The maximum Gasteiger partial charge on any atom is 0.326 e.